The number of nitrogens with one attached hydrogen (secondary N) is 2. The second-order valence-electron chi connectivity index (χ2n) is 5.91. The molecule has 0 aromatic heterocycles. The molecule has 0 aliphatic carbocycles. The molecule has 0 atom stereocenters. The van der Waals surface area contributed by atoms with Crippen LogP contribution < -0.4 is 15.8 Å². The van der Waals surface area contributed by atoms with Crippen LogP contribution in [0.3, 0.4) is 0 Å². The number of hydrogen-bond donors (Lipinski definition) is 3. The minimum Gasteiger partial charge on any atom is -0.332 e. The van der Waals surface area contributed by atoms with Crippen molar-refractivity contribution in [2.45, 2.75) is 4.90 Å². The van der Waals surface area contributed by atoms with Crippen LogP contribution in [0.4, 0.5) is 5.69 Å². The van der Waals surface area contributed by atoms with Crippen LogP contribution in [0.5, 0.6) is 0 Å². The number of benzene rings is 3. The standard InChI is InChI=1S/C20H17N3O3S2/c21-28(25,26)17-11-9-16(10-12-17)22-20(27)23-19(24)13-8-15-6-3-5-14-4-1-2-7-18(14)15/h1-13H,(H2,21,25,26)(H2,22,23,24,27). The van der Waals surface area contributed by atoms with Crippen LogP contribution in [-0.2, 0) is 14.8 Å². The Labute approximate surface area is 168 Å². The Kier molecular flexibility index (Phi) is 5.84. The van der Waals surface area contributed by atoms with E-state index in [2.05, 4.69) is 10.6 Å². The Balaban J connectivity index is 1.63. The highest BCUT2D eigenvalue weighted by atomic mass is 32.2. The van der Waals surface area contributed by atoms with Gasteiger partial charge in [0.15, 0.2) is 5.11 Å². The molecule has 142 valence electrons. The van der Waals surface area contributed by atoms with E-state index in [9.17, 15) is 13.2 Å². The molecule has 0 saturated carbocycles. The van der Waals surface area contributed by atoms with Crippen molar-refractivity contribution in [3.8, 4) is 0 Å². The first-order chi connectivity index (χ1) is 13.3. The lowest BCUT2D eigenvalue weighted by atomic mass is 10.0. The van der Waals surface area contributed by atoms with Crippen molar-refractivity contribution >= 4 is 55.8 Å². The van der Waals surface area contributed by atoms with E-state index in [1.54, 1.807) is 6.08 Å². The highest BCUT2D eigenvalue weighted by molar-refractivity contribution is 7.89. The lowest BCUT2D eigenvalue weighted by molar-refractivity contribution is -0.115. The summed E-state index contributed by atoms with van der Waals surface area (Å²) in [5.41, 5.74) is 1.45. The first-order valence-corrected chi connectivity index (χ1v) is 10.2. The van der Waals surface area contributed by atoms with Gasteiger partial charge in [0, 0.05) is 11.8 Å². The molecule has 0 saturated heterocycles. The Morgan fingerprint density at radius 1 is 0.964 bits per heavy atom. The van der Waals surface area contributed by atoms with Crippen LogP contribution in [0, 0.1) is 0 Å². The summed E-state index contributed by atoms with van der Waals surface area (Å²) < 4.78 is 22.5. The molecule has 6 nitrogen and oxygen atoms in total. The Bertz CT molecular complexity index is 1170. The molecule has 0 fully saturated rings. The molecule has 28 heavy (non-hydrogen) atoms. The number of fused-ring (bicyclic) bond motifs is 1. The number of amides is 1. The van der Waals surface area contributed by atoms with Gasteiger partial charge in [-0.2, -0.15) is 0 Å². The predicted molar refractivity (Wildman–Crippen MR) is 115 cm³/mol. The highest BCUT2D eigenvalue weighted by Gasteiger charge is 2.07. The number of anilines is 1. The molecule has 0 aliphatic heterocycles. The van der Waals surface area contributed by atoms with E-state index in [1.165, 1.54) is 30.3 Å². The third-order valence-corrected chi connectivity index (χ3v) is 5.05. The van der Waals surface area contributed by atoms with Gasteiger partial charge in [0.25, 0.3) is 0 Å². The van der Waals surface area contributed by atoms with Gasteiger partial charge in [0.05, 0.1) is 4.90 Å². The van der Waals surface area contributed by atoms with Crippen molar-refractivity contribution in [1.82, 2.24) is 5.32 Å². The summed E-state index contributed by atoms with van der Waals surface area (Å²) in [5, 5.41) is 12.6. The normalized spacial score (nSPS) is 11.5. The van der Waals surface area contributed by atoms with E-state index in [-0.39, 0.29) is 15.9 Å². The lowest BCUT2D eigenvalue weighted by Crippen LogP contribution is -2.32. The van der Waals surface area contributed by atoms with Crippen LogP contribution in [0.15, 0.2) is 77.7 Å². The van der Waals surface area contributed by atoms with Gasteiger partial charge in [-0.15, -0.1) is 0 Å². The topological polar surface area (TPSA) is 101 Å². The zero-order chi connectivity index (χ0) is 20.1. The fraction of sp³-hybridized carbons (Fsp3) is 0. The van der Waals surface area contributed by atoms with Crippen molar-refractivity contribution in [3.63, 3.8) is 0 Å². The summed E-state index contributed by atoms with van der Waals surface area (Å²) in [7, 11) is -3.76. The summed E-state index contributed by atoms with van der Waals surface area (Å²) in [4.78, 5) is 12.1. The number of primary sulfonamides is 1. The highest BCUT2D eigenvalue weighted by Crippen LogP contribution is 2.19. The number of carbonyl (C=O) groups is 1. The van der Waals surface area contributed by atoms with E-state index >= 15 is 0 Å². The number of rotatable bonds is 4. The molecule has 0 unspecified atom stereocenters. The second-order valence-corrected chi connectivity index (χ2v) is 7.88. The number of nitrogens with two attached hydrogens (primary N) is 1. The quantitative estimate of drug-likeness (QED) is 0.453. The van der Waals surface area contributed by atoms with Crippen LogP contribution in [0.1, 0.15) is 5.56 Å². The number of hydrogen-bond acceptors (Lipinski definition) is 4. The van der Waals surface area contributed by atoms with Crippen LogP contribution in [0.2, 0.25) is 0 Å². The fourth-order valence-corrected chi connectivity index (χ4v) is 3.34. The van der Waals surface area contributed by atoms with Gasteiger partial charge >= 0.3 is 0 Å². The van der Waals surface area contributed by atoms with E-state index < -0.39 is 10.0 Å². The Morgan fingerprint density at radius 2 is 1.64 bits per heavy atom. The molecule has 4 N–H and O–H groups in total. The zero-order valence-electron chi connectivity index (χ0n) is 14.6. The maximum Gasteiger partial charge on any atom is 0.250 e. The van der Waals surface area contributed by atoms with Crippen molar-refractivity contribution < 1.29 is 13.2 Å². The van der Waals surface area contributed by atoms with Crippen molar-refractivity contribution in [1.29, 1.82) is 0 Å². The summed E-state index contributed by atoms with van der Waals surface area (Å²) >= 11 is 5.11. The zero-order valence-corrected chi connectivity index (χ0v) is 16.3. The largest absolute Gasteiger partial charge is 0.332 e. The fourth-order valence-electron chi connectivity index (χ4n) is 2.61. The van der Waals surface area contributed by atoms with Crippen LogP contribution in [-0.4, -0.2) is 19.4 Å². The van der Waals surface area contributed by atoms with Crippen molar-refractivity contribution in [2.75, 3.05) is 5.32 Å². The number of carbonyl (C=O) groups excluding carboxylic acids is 1. The smallest absolute Gasteiger partial charge is 0.250 e. The molecule has 1 amide bonds. The Morgan fingerprint density at radius 3 is 2.36 bits per heavy atom. The maximum absolute atomic E-state index is 12.1. The van der Waals surface area contributed by atoms with Crippen LogP contribution >= 0.6 is 12.2 Å². The molecule has 0 aliphatic rings. The first kappa shape index (κ1) is 19.7. The number of thiocarbonyl (C=S) groups is 1. The van der Waals surface area contributed by atoms with Gasteiger partial charge in [-0.25, -0.2) is 13.6 Å². The molecule has 0 radical (unpaired) electrons. The minimum absolute atomic E-state index is 0.00831. The SMILES string of the molecule is NS(=O)(=O)c1ccc(NC(=S)NC(=O)C=Cc2cccc3ccccc23)cc1. The van der Waals surface area contributed by atoms with Crippen molar-refractivity contribution in [2.24, 2.45) is 5.14 Å². The molecule has 3 aromatic carbocycles. The van der Waals surface area contributed by atoms with Gasteiger partial charge in [-0.05, 0) is 58.9 Å². The van der Waals surface area contributed by atoms with Gasteiger partial charge < -0.3 is 5.32 Å². The maximum atomic E-state index is 12.1. The monoisotopic (exact) mass is 411 g/mol. The average molecular weight is 412 g/mol. The van der Waals surface area contributed by atoms with E-state index in [4.69, 9.17) is 17.4 Å². The Hall–Kier alpha value is -3.07. The van der Waals surface area contributed by atoms with E-state index in [0.29, 0.717) is 5.69 Å². The van der Waals surface area contributed by atoms with Gasteiger partial charge in [0.2, 0.25) is 15.9 Å². The summed E-state index contributed by atoms with van der Waals surface area (Å²) in [6.45, 7) is 0. The molecule has 3 rings (SSSR count). The molecular weight excluding hydrogens is 394 g/mol. The molecular formula is C20H17N3O3S2. The third kappa shape index (κ3) is 5.01. The minimum atomic E-state index is -3.76. The molecule has 0 spiro atoms. The molecule has 8 heteroatoms. The predicted octanol–water partition coefficient (Wildman–Crippen LogP) is 3.01. The van der Waals surface area contributed by atoms with E-state index in [1.807, 2.05) is 42.5 Å². The van der Waals surface area contributed by atoms with E-state index in [0.717, 1.165) is 16.3 Å². The lowest BCUT2D eigenvalue weighted by Gasteiger charge is -2.08. The van der Waals surface area contributed by atoms with Gasteiger partial charge in [-0.1, -0.05) is 42.5 Å². The van der Waals surface area contributed by atoms with Gasteiger partial charge in [0.1, 0.15) is 0 Å². The second kappa shape index (κ2) is 8.30. The first-order valence-electron chi connectivity index (χ1n) is 8.23. The van der Waals surface area contributed by atoms with Crippen molar-refractivity contribution in [3.05, 3.63) is 78.4 Å². The third-order valence-electron chi connectivity index (χ3n) is 3.92. The molecule has 0 heterocycles. The summed E-state index contributed by atoms with van der Waals surface area (Å²) in [5.74, 6) is -0.383. The molecule has 3 aromatic rings. The molecule has 0 bridgehead atoms. The van der Waals surface area contributed by atoms with Gasteiger partial charge in [-0.3, -0.25) is 10.1 Å². The number of sulfonamides is 1. The average Bonchev–Trinajstić information content (AvgIpc) is 2.66. The summed E-state index contributed by atoms with van der Waals surface area (Å²) in [6, 6.07) is 19.5. The summed E-state index contributed by atoms with van der Waals surface area (Å²) in [6.07, 6.45) is 3.13. The van der Waals surface area contributed by atoms with Crippen LogP contribution in [0.25, 0.3) is 16.8 Å².